The molecule has 0 N–H and O–H groups in total. The second-order valence-electron chi connectivity index (χ2n) is 6.17. The molecule has 0 atom stereocenters. The van der Waals surface area contributed by atoms with Crippen LogP contribution in [0.4, 0.5) is 8.78 Å². The van der Waals surface area contributed by atoms with E-state index in [-0.39, 0.29) is 5.56 Å². The van der Waals surface area contributed by atoms with Crippen LogP contribution in [0.15, 0.2) is 54.9 Å². The average molecular weight is 352 g/mol. The molecule has 4 aromatic rings. The highest BCUT2D eigenvalue weighted by molar-refractivity contribution is 5.75. The number of hydrogen-bond donors (Lipinski definition) is 0. The molecular weight excluding hydrogens is 334 g/mol. The van der Waals surface area contributed by atoms with Gasteiger partial charge >= 0.3 is 0 Å². The van der Waals surface area contributed by atoms with Gasteiger partial charge in [0.05, 0.1) is 23.1 Å². The lowest BCUT2D eigenvalue weighted by atomic mass is 10.2. The molecule has 0 spiro atoms. The van der Waals surface area contributed by atoms with Crippen molar-refractivity contribution >= 4 is 11.0 Å². The third kappa shape index (κ3) is 2.87. The van der Waals surface area contributed by atoms with Crippen LogP contribution in [0, 0.1) is 11.6 Å². The molecule has 0 aliphatic heterocycles. The summed E-state index contributed by atoms with van der Waals surface area (Å²) < 4.78 is 31.7. The number of aryl methyl sites for hydroxylation is 1. The summed E-state index contributed by atoms with van der Waals surface area (Å²) in [5, 5.41) is 0. The zero-order chi connectivity index (χ0) is 18.1. The molecule has 0 bridgehead atoms. The van der Waals surface area contributed by atoms with Gasteiger partial charge in [-0.15, -0.1) is 0 Å². The molecule has 2 aromatic carbocycles. The van der Waals surface area contributed by atoms with E-state index in [0.29, 0.717) is 12.4 Å². The molecule has 0 aliphatic rings. The summed E-state index contributed by atoms with van der Waals surface area (Å²) in [6, 6.07) is 11.4. The number of nitrogens with zero attached hydrogens (tertiary/aromatic N) is 4. The number of fused-ring (bicyclic) bond motifs is 1. The van der Waals surface area contributed by atoms with Crippen LogP contribution in [0.3, 0.4) is 0 Å². The maximum absolute atomic E-state index is 14.2. The van der Waals surface area contributed by atoms with E-state index in [1.807, 2.05) is 24.3 Å². The highest BCUT2D eigenvalue weighted by atomic mass is 19.1. The minimum Gasteiger partial charge on any atom is -0.326 e. The molecule has 2 aromatic heterocycles. The van der Waals surface area contributed by atoms with Gasteiger partial charge in [0.25, 0.3) is 0 Å². The van der Waals surface area contributed by atoms with Gasteiger partial charge in [0.15, 0.2) is 0 Å². The van der Waals surface area contributed by atoms with E-state index in [1.165, 1.54) is 6.07 Å². The third-order valence-electron chi connectivity index (χ3n) is 4.38. The SMILES string of the molecule is CCCn1c(Cn2ccnc2-c2cc(F)ccc2F)nc2ccccc21. The van der Waals surface area contributed by atoms with Crippen LogP contribution in [0.25, 0.3) is 22.4 Å². The smallest absolute Gasteiger partial charge is 0.143 e. The molecule has 0 unspecified atom stereocenters. The minimum absolute atomic E-state index is 0.146. The Morgan fingerprint density at radius 3 is 2.77 bits per heavy atom. The van der Waals surface area contributed by atoms with E-state index in [0.717, 1.165) is 42.0 Å². The predicted octanol–water partition coefficient (Wildman–Crippen LogP) is 4.64. The van der Waals surface area contributed by atoms with Gasteiger partial charge in [0.1, 0.15) is 23.3 Å². The second-order valence-corrected chi connectivity index (χ2v) is 6.17. The number of halogens is 2. The van der Waals surface area contributed by atoms with Gasteiger partial charge in [-0.05, 0) is 36.8 Å². The summed E-state index contributed by atoms with van der Waals surface area (Å²) in [4.78, 5) is 8.96. The monoisotopic (exact) mass is 352 g/mol. The molecule has 132 valence electrons. The van der Waals surface area contributed by atoms with E-state index < -0.39 is 11.6 Å². The fourth-order valence-electron chi connectivity index (χ4n) is 3.22. The van der Waals surface area contributed by atoms with Crippen LogP contribution in [-0.2, 0) is 13.1 Å². The molecule has 0 fully saturated rings. The van der Waals surface area contributed by atoms with Gasteiger partial charge < -0.3 is 9.13 Å². The van der Waals surface area contributed by atoms with E-state index in [9.17, 15) is 8.78 Å². The molecule has 2 heterocycles. The third-order valence-corrected chi connectivity index (χ3v) is 4.38. The van der Waals surface area contributed by atoms with E-state index >= 15 is 0 Å². The molecule has 0 aliphatic carbocycles. The number of rotatable bonds is 5. The first-order chi connectivity index (χ1) is 12.7. The van der Waals surface area contributed by atoms with E-state index in [4.69, 9.17) is 4.98 Å². The normalized spacial score (nSPS) is 11.3. The van der Waals surface area contributed by atoms with Crippen molar-refractivity contribution in [1.29, 1.82) is 0 Å². The number of imidazole rings is 2. The fourth-order valence-corrected chi connectivity index (χ4v) is 3.22. The van der Waals surface area contributed by atoms with Gasteiger partial charge in [-0.1, -0.05) is 19.1 Å². The maximum Gasteiger partial charge on any atom is 0.143 e. The largest absolute Gasteiger partial charge is 0.326 e. The van der Waals surface area contributed by atoms with Crippen molar-refractivity contribution in [1.82, 2.24) is 19.1 Å². The topological polar surface area (TPSA) is 35.6 Å². The number of hydrogen-bond acceptors (Lipinski definition) is 2. The summed E-state index contributed by atoms with van der Waals surface area (Å²) >= 11 is 0. The maximum atomic E-state index is 14.2. The van der Waals surface area contributed by atoms with E-state index in [1.54, 1.807) is 17.0 Å². The summed E-state index contributed by atoms with van der Waals surface area (Å²) in [5.41, 5.74) is 2.14. The molecule has 26 heavy (non-hydrogen) atoms. The van der Waals surface area contributed by atoms with Crippen molar-refractivity contribution in [3.63, 3.8) is 0 Å². The van der Waals surface area contributed by atoms with Crippen LogP contribution in [0.2, 0.25) is 0 Å². The first kappa shape index (κ1) is 16.4. The van der Waals surface area contributed by atoms with Crippen molar-refractivity contribution < 1.29 is 8.78 Å². The Morgan fingerprint density at radius 2 is 1.92 bits per heavy atom. The predicted molar refractivity (Wildman–Crippen MR) is 96.7 cm³/mol. The van der Waals surface area contributed by atoms with Crippen molar-refractivity contribution in [2.75, 3.05) is 0 Å². The molecule has 0 radical (unpaired) electrons. The first-order valence-corrected chi connectivity index (χ1v) is 8.58. The summed E-state index contributed by atoms with van der Waals surface area (Å²) in [6.45, 7) is 3.39. The zero-order valence-electron chi connectivity index (χ0n) is 14.4. The van der Waals surface area contributed by atoms with Crippen molar-refractivity contribution in [3.8, 4) is 11.4 Å². The summed E-state index contributed by atoms with van der Waals surface area (Å²) in [7, 11) is 0. The highest BCUT2D eigenvalue weighted by Crippen LogP contribution is 2.24. The molecule has 0 amide bonds. The number of benzene rings is 2. The van der Waals surface area contributed by atoms with Crippen molar-refractivity contribution in [2.24, 2.45) is 0 Å². The van der Waals surface area contributed by atoms with Crippen LogP contribution >= 0.6 is 0 Å². The molecule has 4 rings (SSSR count). The fraction of sp³-hybridized carbons (Fsp3) is 0.200. The average Bonchev–Trinajstić information content (AvgIpc) is 3.23. The number of para-hydroxylation sites is 2. The minimum atomic E-state index is -0.499. The summed E-state index contributed by atoms with van der Waals surface area (Å²) in [6.07, 6.45) is 4.32. The summed E-state index contributed by atoms with van der Waals surface area (Å²) in [5.74, 6) is 0.260. The highest BCUT2D eigenvalue weighted by Gasteiger charge is 2.16. The zero-order valence-corrected chi connectivity index (χ0v) is 14.4. The van der Waals surface area contributed by atoms with Crippen LogP contribution in [0.1, 0.15) is 19.2 Å². The Bertz CT molecular complexity index is 1060. The molecule has 6 heteroatoms. The van der Waals surface area contributed by atoms with Crippen molar-refractivity contribution in [2.45, 2.75) is 26.4 Å². The Balaban J connectivity index is 1.78. The molecule has 0 saturated carbocycles. The first-order valence-electron chi connectivity index (χ1n) is 8.58. The standard InChI is InChI=1S/C20H18F2N4/c1-2-10-26-18-6-4-3-5-17(18)24-19(26)13-25-11-9-23-20(25)15-12-14(21)7-8-16(15)22/h3-9,11-12H,2,10,13H2,1H3. The Kier molecular flexibility index (Phi) is 4.24. The van der Waals surface area contributed by atoms with Crippen LogP contribution in [0.5, 0.6) is 0 Å². The van der Waals surface area contributed by atoms with E-state index in [2.05, 4.69) is 16.5 Å². The van der Waals surface area contributed by atoms with Gasteiger partial charge in [-0.3, -0.25) is 0 Å². The Morgan fingerprint density at radius 1 is 1.08 bits per heavy atom. The quantitative estimate of drug-likeness (QED) is 0.525. The van der Waals surface area contributed by atoms with Crippen LogP contribution < -0.4 is 0 Å². The molecule has 0 saturated heterocycles. The molecule has 4 nitrogen and oxygen atoms in total. The Hall–Kier alpha value is -3.02. The van der Waals surface area contributed by atoms with Crippen molar-refractivity contribution in [3.05, 3.63) is 72.3 Å². The van der Waals surface area contributed by atoms with Gasteiger partial charge in [-0.2, -0.15) is 0 Å². The lowest BCUT2D eigenvalue weighted by molar-refractivity contribution is 0.598. The second kappa shape index (κ2) is 6.71. The lowest BCUT2D eigenvalue weighted by Gasteiger charge is -2.11. The van der Waals surface area contributed by atoms with Gasteiger partial charge in [0.2, 0.25) is 0 Å². The van der Waals surface area contributed by atoms with Gasteiger partial charge in [0, 0.05) is 18.9 Å². The molecular formula is C20H18F2N4. The Labute approximate surface area is 149 Å². The number of aromatic nitrogens is 4. The van der Waals surface area contributed by atoms with Gasteiger partial charge in [-0.25, -0.2) is 18.7 Å². The van der Waals surface area contributed by atoms with Crippen LogP contribution in [-0.4, -0.2) is 19.1 Å². The lowest BCUT2D eigenvalue weighted by Crippen LogP contribution is -2.10.